The molecule has 0 fully saturated rings. The van der Waals surface area contributed by atoms with Crippen LogP contribution in [0.25, 0.3) is 0 Å². The fourth-order valence-electron chi connectivity index (χ4n) is 2.95. The molecule has 2 aromatic rings. The van der Waals surface area contributed by atoms with Crippen molar-refractivity contribution in [3.63, 3.8) is 0 Å². The van der Waals surface area contributed by atoms with E-state index in [0.29, 0.717) is 12.2 Å². The predicted molar refractivity (Wildman–Crippen MR) is 105 cm³/mol. The number of methoxy groups -OCH3 is 1. The first kappa shape index (κ1) is 18.1. The van der Waals surface area contributed by atoms with Crippen LogP contribution in [0.15, 0.2) is 27.7 Å². The molecule has 1 aliphatic rings. The number of nitrogens with zero attached hydrogens (tertiary/aromatic N) is 1. The number of halogens is 1. The third kappa shape index (κ3) is 3.96. The Labute approximate surface area is 160 Å². The fourth-order valence-corrected chi connectivity index (χ4v) is 4.73. The molecule has 25 heavy (non-hydrogen) atoms. The van der Waals surface area contributed by atoms with E-state index in [4.69, 9.17) is 9.47 Å². The van der Waals surface area contributed by atoms with Gasteiger partial charge in [0.2, 0.25) is 0 Å². The second-order valence-electron chi connectivity index (χ2n) is 5.76. The molecule has 1 aromatic carbocycles. The van der Waals surface area contributed by atoms with E-state index in [1.54, 1.807) is 24.7 Å². The fraction of sp³-hybridized carbons (Fsp3) is 0.368. The standard InChI is InChI=1S/C19H20BrNO3S/c1-3-24-19(22)17-13-6-4-5-7-16(13)25-18(17)21-11-12-8-9-15(23-2)14(20)10-12/h8-11H,3-7H2,1-2H3/b21-11+. The molecule has 0 radical (unpaired) electrons. The number of carbonyl (C=O) groups is 1. The molecule has 3 rings (SSSR count). The number of aliphatic imine (C=N–C) groups is 1. The number of esters is 1. The van der Waals surface area contributed by atoms with Gasteiger partial charge in [-0.1, -0.05) is 0 Å². The number of aryl methyl sites for hydroxylation is 1. The zero-order valence-corrected chi connectivity index (χ0v) is 16.7. The van der Waals surface area contributed by atoms with Crippen LogP contribution in [0.1, 0.15) is 46.1 Å². The Balaban J connectivity index is 1.95. The second-order valence-corrected chi connectivity index (χ2v) is 7.70. The van der Waals surface area contributed by atoms with Crippen molar-refractivity contribution in [2.45, 2.75) is 32.6 Å². The van der Waals surface area contributed by atoms with E-state index in [-0.39, 0.29) is 5.97 Å². The number of rotatable bonds is 5. The van der Waals surface area contributed by atoms with Crippen LogP contribution in [-0.2, 0) is 17.6 Å². The average Bonchev–Trinajstić information content (AvgIpc) is 2.98. The zero-order chi connectivity index (χ0) is 17.8. The van der Waals surface area contributed by atoms with Gasteiger partial charge in [0.25, 0.3) is 0 Å². The maximum Gasteiger partial charge on any atom is 0.341 e. The molecule has 0 spiro atoms. The SMILES string of the molecule is CCOC(=O)c1c(/N=C/c2ccc(OC)c(Br)c2)sc2c1CCCC2. The van der Waals surface area contributed by atoms with E-state index in [0.717, 1.165) is 45.6 Å². The Morgan fingerprint density at radius 1 is 1.36 bits per heavy atom. The van der Waals surface area contributed by atoms with E-state index in [9.17, 15) is 4.79 Å². The molecule has 1 heterocycles. The molecule has 0 aliphatic heterocycles. The minimum absolute atomic E-state index is 0.259. The smallest absolute Gasteiger partial charge is 0.341 e. The summed E-state index contributed by atoms with van der Waals surface area (Å²) in [6, 6.07) is 5.77. The summed E-state index contributed by atoms with van der Waals surface area (Å²) in [4.78, 5) is 18.3. The highest BCUT2D eigenvalue weighted by Gasteiger charge is 2.25. The number of hydrogen-bond donors (Lipinski definition) is 0. The highest BCUT2D eigenvalue weighted by atomic mass is 79.9. The first-order chi connectivity index (χ1) is 12.1. The topological polar surface area (TPSA) is 47.9 Å². The van der Waals surface area contributed by atoms with Gasteiger partial charge in [-0.05, 0) is 77.9 Å². The minimum atomic E-state index is -0.259. The molecule has 1 aliphatic carbocycles. The summed E-state index contributed by atoms with van der Waals surface area (Å²) in [5.74, 6) is 0.515. The van der Waals surface area contributed by atoms with Crippen molar-refractivity contribution in [2.75, 3.05) is 13.7 Å². The summed E-state index contributed by atoms with van der Waals surface area (Å²) >= 11 is 5.09. The Morgan fingerprint density at radius 3 is 2.88 bits per heavy atom. The lowest BCUT2D eigenvalue weighted by Crippen LogP contribution is -2.09. The van der Waals surface area contributed by atoms with E-state index in [1.807, 2.05) is 25.1 Å². The highest BCUT2D eigenvalue weighted by Crippen LogP contribution is 2.40. The number of hydrogen-bond acceptors (Lipinski definition) is 5. The molecule has 0 amide bonds. The van der Waals surface area contributed by atoms with Crippen LogP contribution in [-0.4, -0.2) is 25.9 Å². The number of carbonyl (C=O) groups excluding carboxylic acids is 1. The molecular formula is C19H20BrNO3S. The quantitative estimate of drug-likeness (QED) is 0.484. The summed E-state index contributed by atoms with van der Waals surface area (Å²) in [6.45, 7) is 2.20. The molecule has 0 saturated heterocycles. The monoisotopic (exact) mass is 421 g/mol. The molecule has 6 heteroatoms. The van der Waals surface area contributed by atoms with Crippen LogP contribution < -0.4 is 4.74 Å². The molecule has 0 bridgehead atoms. The van der Waals surface area contributed by atoms with Crippen LogP contribution in [0.4, 0.5) is 5.00 Å². The molecule has 0 saturated carbocycles. The summed E-state index contributed by atoms with van der Waals surface area (Å²) in [5, 5.41) is 0.747. The van der Waals surface area contributed by atoms with Gasteiger partial charge in [-0.15, -0.1) is 11.3 Å². The van der Waals surface area contributed by atoms with Crippen molar-refractivity contribution < 1.29 is 14.3 Å². The summed E-state index contributed by atoms with van der Waals surface area (Å²) in [6.07, 6.45) is 6.03. The van der Waals surface area contributed by atoms with Gasteiger partial charge in [0.1, 0.15) is 10.8 Å². The molecular weight excluding hydrogens is 402 g/mol. The lowest BCUT2D eigenvalue weighted by Gasteiger charge is -2.11. The zero-order valence-electron chi connectivity index (χ0n) is 14.3. The lowest BCUT2D eigenvalue weighted by atomic mass is 9.95. The van der Waals surface area contributed by atoms with E-state index in [1.165, 1.54) is 11.3 Å². The van der Waals surface area contributed by atoms with E-state index in [2.05, 4.69) is 20.9 Å². The van der Waals surface area contributed by atoms with Gasteiger partial charge in [-0.3, -0.25) is 0 Å². The first-order valence-electron chi connectivity index (χ1n) is 8.33. The summed E-state index contributed by atoms with van der Waals surface area (Å²) in [7, 11) is 1.63. The van der Waals surface area contributed by atoms with Crippen LogP contribution in [0.5, 0.6) is 5.75 Å². The van der Waals surface area contributed by atoms with Crippen molar-refractivity contribution in [3.05, 3.63) is 44.2 Å². The van der Waals surface area contributed by atoms with Gasteiger partial charge in [0.05, 0.1) is 23.8 Å². The average molecular weight is 422 g/mol. The maximum atomic E-state index is 12.4. The van der Waals surface area contributed by atoms with Crippen molar-refractivity contribution in [1.82, 2.24) is 0 Å². The number of thiophene rings is 1. The molecule has 0 atom stereocenters. The van der Waals surface area contributed by atoms with Crippen molar-refractivity contribution in [2.24, 2.45) is 4.99 Å². The number of ether oxygens (including phenoxy) is 2. The maximum absolute atomic E-state index is 12.4. The van der Waals surface area contributed by atoms with Crippen LogP contribution in [0.3, 0.4) is 0 Å². The number of fused-ring (bicyclic) bond motifs is 1. The normalized spacial score (nSPS) is 13.7. The molecule has 1 aromatic heterocycles. The Hall–Kier alpha value is -1.66. The van der Waals surface area contributed by atoms with Crippen LogP contribution in [0, 0.1) is 0 Å². The van der Waals surface area contributed by atoms with E-state index < -0.39 is 0 Å². The van der Waals surface area contributed by atoms with Gasteiger partial charge < -0.3 is 9.47 Å². The van der Waals surface area contributed by atoms with Crippen molar-refractivity contribution in [1.29, 1.82) is 0 Å². The molecule has 4 nitrogen and oxygen atoms in total. The Morgan fingerprint density at radius 2 is 2.16 bits per heavy atom. The van der Waals surface area contributed by atoms with Gasteiger partial charge in [-0.2, -0.15) is 0 Å². The molecule has 0 N–H and O–H groups in total. The van der Waals surface area contributed by atoms with Gasteiger partial charge in [-0.25, -0.2) is 9.79 Å². The lowest BCUT2D eigenvalue weighted by molar-refractivity contribution is 0.0526. The minimum Gasteiger partial charge on any atom is -0.496 e. The first-order valence-corrected chi connectivity index (χ1v) is 9.94. The van der Waals surface area contributed by atoms with Gasteiger partial charge >= 0.3 is 5.97 Å². The third-order valence-electron chi connectivity index (χ3n) is 4.14. The van der Waals surface area contributed by atoms with Crippen molar-refractivity contribution in [3.8, 4) is 5.75 Å². The van der Waals surface area contributed by atoms with Gasteiger partial charge in [0.15, 0.2) is 0 Å². The molecule has 132 valence electrons. The highest BCUT2D eigenvalue weighted by molar-refractivity contribution is 9.10. The Kier molecular flexibility index (Phi) is 5.91. The van der Waals surface area contributed by atoms with Crippen LogP contribution in [0.2, 0.25) is 0 Å². The summed E-state index contributed by atoms with van der Waals surface area (Å²) < 4.78 is 11.4. The van der Waals surface area contributed by atoms with E-state index >= 15 is 0 Å². The Bertz CT molecular complexity index is 813. The summed E-state index contributed by atoms with van der Waals surface area (Å²) in [5.41, 5.74) is 2.73. The largest absolute Gasteiger partial charge is 0.496 e. The van der Waals surface area contributed by atoms with Gasteiger partial charge in [0, 0.05) is 11.1 Å². The number of benzene rings is 1. The third-order valence-corrected chi connectivity index (χ3v) is 5.96. The van der Waals surface area contributed by atoms with Crippen molar-refractivity contribution >= 4 is 44.5 Å². The molecule has 0 unspecified atom stereocenters. The predicted octanol–water partition coefficient (Wildman–Crippen LogP) is 5.33. The second kappa shape index (κ2) is 8.15. The van der Waals surface area contributed by atoms with Crippen LogP contribution >= 0.6 is 27.3 Å².